The van der Waals surface area contributed by atoms with Crippen molar-refractivity contribution in [1.29, 1.82) is 0 Å². The van der Waals surface area contributed by atoms with Crippen LogP contribution in [0.4, 0.5) is 45.2 Å². The molecule has 0 fully saturated rings. The number of rotatable bonds is 5. The van der Waals surface area contributed by atoms with E-state index in [0.29, 0.717) is 45.4 Å². The largest absolute Gasteiger partial charge is 0.430 e. The predicted molar refractivity (Wildman–Crippen MR) is 88.1 cm³/mol. The first-order chi connectivity index (χ1) is 13.1. The van der Waals surface area contributed by atoms with Crippen LogP contribution in [-0.4, -0.2) is 30.2 Å². The van der Waals surface area contributed by atoms with E-state index in [-0.39, 0.29) is 5.69 Å². The van der Waals surface area contributed by atoms with Gasteiger partial charge in [-0.15, -0.1) is 0 Å². The third kappa shape index (κ3) is 5.30. The van der Waals surface area contributed by atoms with Gasteiger partial charge in [-0.3, -0.25) is 0 Å². The molecular weight excluding hydrogens is 437 g/mol. The summed E-state index contributed by atoms with van der Waals surface area (Å²) in [5.74, 6) is 0. The van der Waals surface area contributed by atoms with E-state index in [4.69, 9.17) is 0 Å². The first-order valence-corrected chi connectivity index (χ1v) is 8.46. The maximum absolute atomic E-state index is 12.9. The van der Waals surface area contributed by atoms with Crippen molar-refractivity contribution in [2.45, 2.75) is 29.0 Å². The third-order valence-electron chi connectivity index (χ3n) is 3.68. The van der Waals surface area contributed by atoms with E-state index in [9.17, 15) is 44.6 Å². The smallest absolute Gasteiger partial charge is 0.369 e. The normalized spacial score (nSPS) is 13.4. The number of hydrogen-bond acceptors (Lipinski definition) is 3. The van der Waals surface area contributed by atoms with Crippen LogP contribution in [0, 0.1) is 0 Å². The van der Waals surface area contributed by atoms with Gasteiger partial charge in [0, 0.05) is 16.1 Å². The Hall–Kier alpha value is -2.08. The average Bonchev–Trinajstić information content (AvgIpc) is 2.58. The number of benzene rings is 2. The molecule has 0 aromatic heterocycles. The Balaban J connectivity index is 2.42. The molecule has 0 radical (unpaired) electrons. The van der Waals surface area contributed by atoms with Gasteiger partial charge in [0.25, 0.3) is 5.60 Å². The van der Waals surface area contributed by atoms with Gasteiger partial charge < -0.3 is 9.41 Å². The van der Waals surface area contributed by atoms with Crippen LogP contribution < -0.4 is 4.31 Å². The lowest BCUT2D eigenvalue weighted by Crippen LogP contribution is -2.53. The summed E-state index contributed by atoms with van der Waals surface area (Å²) < 4.78 is 117. The molecule has 0 unspecified atom stereocenters. The van der Waals surface area contributed by atoms with Gasteiger partial charge in [-0.25, -0.2) is 0 Å². The molecule has 0 aliphatic rings. The standard InChI is InChI=1S/C17H12F9NOS/c18-14(19,20)10-27(29-13-4-2-1-3-5-13)12-8-6-11(7-9-12)15(28,16(21,22)23)17(24,25)26/h1-9,28H,10H2. The molecule has 2 rings (SSSR count). The van der Waals surface area contributed by atoms with Crippen LogP contribution in [0.3, 0.4) is 0 Å². The Bertz CT molecular complexity index is 787. The second-order valence-corrected chi connectivity index (χ2v) is 6.90. The fourth-order valence-electron chi connectivity index (χ4n) is 2.30. The first-order valence-electron chi connectivity index (χ1n) is 7.69. The van der Waals surface area contributed by atoms with E-state index in [2.05, 4.69) is 0 Å². The molecule has 1 N–H and O–H groups in total. The van der Waals surface area contributed by atoms with E-state index >= 15 is 0 Å². The van der Waals surface area contributed by atoms with Crippen molar-refractivity contribution in [2.75, 3.05) is 10.8 Å². The zero-order chi connectivity index (χ0) is 22.1. The van der Waals surface area contributed by atoms with Gasteiger partial charge in [0.2, 0.25) is 0 Å². The highest BCUT2D eigenvalue weighted by atomic mass is 32.2. The molecule has 12 heteroatoms. The molecule has 0 amide bonds. The zero-order valence-electron chi connectivity index (χ0n) is 14.1. The molecule has 160 valence electrons. The molecule has 0 saturated carbocycles. The molecule has 2 nitrogen and oxygen atoms in total. The van der Waals surface area contributed by atoms with Crippen LogP contribution in [0.1, 0.15) is 5.56 Å². The topological polar surface area (TPSA) is 23.5 Å². The van der Waals surface area contributed by atoms with Crippen molar-refractivity contribution in [2.24, 2.45) is 0 Å². The molecule has 0 heterocycles. The summed E-state index contributed by atoms with van der Waals surface area (Å²) >= 11 is 0.600. The minimum Gasteiger partial charge on any atom is -0.369 e. The van der Waals surface area contributed by atoms with Crippen molar-refractivity contribution in [3.05, 3.63) is 60.2 Å². The van der Waals surface area contributed by atoms with E-state index in [1.165, 1.54) is 12.1 Å². The highest BCUT2D eigenvalue weighted by Gasteiger charge is 2.71. The number of aliphatic hydroxyl groups is 1. The number of anilines is 1. The van der Waals surface area contributed by atoms with Crippen LogP contribution in [0.15, 0.2) is 59.5 Å². The molecule has 2 aromatic carbocycles. The second kappa shape index (κ2) is 7.98. The van der Waals surface area contributed by atoms with Gasteiger partial charge in [-0.1, -0.05) is 30.3 Å². The number of halogens is 9. The minimum absolute atomic E-state index is 0.297. The quantitative estimate of drug-likeness (QED) is 0.443. The van der Waals surface area contributed by atoms with E-state index < -0.39 is 36.2 Å². The molecule has 0 bridgehead atoms. The van der Waals surface area contributed by atoms with Gasteiger partial charge >= 0.3 is 18.5 Å². The molecular formula is C17H12F9NOS. The molecule has 0 atom stereocenters. The van der Waals surface area contributed by atoms with Crippen molar-refractivity contribution < 1.29 is 44.6 Å². The maximum atomic E-state index is 12.9. The summed E-state index contributed by atoms with van der Waals surface area (Å²) in [6.45, 7) is -1.52. The summed E-state index contributed by atoms with van der Waals surface area (Å²) in [6.07, 6.45) is -16.9. The number of alkyl halides is 9. The molecule has 0 saturated heterocycles. The Morgan fingerprint density at radius 1 is 0.724 bits per heavy atom. The lowest BCUT2D eigenvalue weighted by atomic mass is 9.92. The fraction of sp³-hybridized carbons (Fsp3) is 0.294. The molecule has 0 spiro atoms. The number of hydrogen-bond donors (Lipinski definition) is 1. The summed E-state index contributed by atoms with van der Waals surface area (Å²) in [5, 5.41) is 9.36. The van der Waals surface area contributed by atoms with Crippen molar-refractivity contribution in [3.8, 4) is 0 Å². The monoisotopic (exact) mass is 449 g/mol. The zero-order valence-corrected chi connectivity index (χ0v) is 14.9. The lowest BCUT2D eigenvalue weighted by molar-refractivity contribution is -0.376. The van der Waals surface area contributed by atoms with Crippen LogP contribution in [0.25, 0.3) is 0 Å². The van der Waals surface area contributed by atoms with Crippen molar-refractivity contribution in [3.63, 3.8) is 0 Å². The predicted octanol–water partition coefficient (Wildman–Crippen LogP) is 6.07. The summed E-state index contributed by atoms with van der Waals surface area (Å²) in [6, 6.07) is 9.56. The van der Waals surface area contributed by atoms with Gasteiger partial charge in [-0.05, 0) is 36.2 Å². The number of nitrogens with zero attached hydrogens (tertiary/aromatic N) is 1. The maximum Gasteiger partial charge on any atom is 0.430 e. The summed E-state index contributed by atoms with van der Waals surface area (Å²) in [5.41, 5.74) is -7.01. The Morgan fingerprint density at radius 3 is 1.62 bits per heavy atom. The Kier molecular flexibility index (Phi) is 6.38. The SMILES string of the molecule is OC(c1ccc(N(CC(F)(F)F)Sc2ccccc2)cc1)(C(F)(F)F)C(F)(F)F. The van der Waals surface area contributed by atoms with Gasteiger partial charge in [-0.2, -0.15) is 39.5 Å². The van der Waals surface area contributed by atoms with Crippen molar-refractivity contribution in [1.82, 2.24) is 0 Å². The lowest BCUT2D eigenvalue weighted by Gasteiger charge is -2.33. The Morgan fingerprint density at radius 2 is 1.21 bits per heavy atom. The molecule has 29 heavy (non-hydrogen) atoms. The van der Waals surface area contributed by atoms with Crippen LogP contribution in [-0.2, 0) is 5.60 Å². The average molecular weight is 449 g/mol. The summed E-state index contributed by atoms with van der Waals surface area (Å²) in [4.78, 5) is 0.364. The van der Waals surface area contributed by atoms with Crippen LogP contribution >= 0.6 is 11.9 Å². The second-order valence-electron chi connectivity index (χ2n) is 5.81. The van der Waals surface area contributed by atoms with Gasteiger partial charge in [0.15, 0.2) is 0 Å². The Labute approximate surface area is 163 Å². The van der Waals surface area contributed by atoms with Crippen LogP contribution in [0.5, 0.6) is 0 Å². The highest BCUT2D eigenvalue weighted by Crippen LogP contribution is 2.50. The van der Waals surface area contributed by atoms with Gasteiger partial charge in [0.1, 0.15) is 6.54 Å². The summed E-state index contributed by atoms with van der Waals surface area (Å²) in [7, 11) is 0. The van der Waals surface area contributed by atoms with Crippen molar-refractivity contribution >= 4 is 17.6 Å². The van der Waals surface area contributed by atoms with E-state index in [1.54, 1.807) is 18.2 Å². The molecule has 2 aromatic rings. The van der Waals surface area contributed by atoms with E-state index in [0.717, 1.165) is 0 Å². The molecule has 0 aliphatic heterocycles. The fourth-order valence-corrected chi connectivity index (χ4v) is 3.28. The highest BCUT2D eigenvalue weighted by molar-refractivity contribution is 8.00. The first kappa shape index (κ1) is 23.2. The third-order valence-corrected chi connectivity index (χ3v) is 4.72. The minimum atomic E-state index is -6.09. The van der Waals surface area contributed by atoms with E-state index in [1.807, 2.05) is 0 Å². The molecule has 0 aliphatic carbocycles. The van der Waals surface area contributed by atoms with Gasteiger partial charge in [0.05, 0.1) is 0 Å². The van der Waals surface area contributed by atoms with Crippen LogP contribution in [0.2, 0.25) is 0 Å².